The highest BCUT2D eigenvalue weighted by Crippen LogP contribution is 2.45. The number of aromatic nitrogens is 2. The fraction of sp³-hybridized carbons (Fsp3) is 0.600. The first-order valence-corrected chi connectivity index (χ1v) is 24.3. The Hall–Kier alpha value is -5.02. The van der Waals surface area contributed by atoms with Crippen LogP contribution in [0.1, 0.15) is 84.6 Å². The fourth-order valence-corrected chi connectivity index (χ4v) is 10.4. The third-order valence-corrected chi connectivity index (χ3v) is 14.6. The number of hydrogen-bond acceptors (Lipinski definition) is 11. The molecule has 3 saturated heterocycles. The van der Waals surface area contributed by atoms with Crippen LogP contribution in [0.5, 0.6) is 0 Å². The molecule has 3 fully saturated rings. The van der Waals surface area contributed by atoms with Gasteiger partial charge in [-0.25, -0.2) is 8.78 Å². The molecule has 19 heteroatoms. The first kappa shape index (κ1) is 51.8. The number of H-pyrrole nitrogens is 1. The number of aliphatic hydroxyl groups excluding tert-OH is 4. The molecule has 3 aliphatic rings. The van der Waals surface area contributed by atoms with Crippen molar-refractivity contribution in [2.24, 2.45) is 11.8 Å². The van der Waals surface area contributed by atoms with Crippen LogP contribution in [0.2, 0.25) is 0 Å². The summed E-state index contributed by atoms with van der Waals surface area (Å²) in [6, 6.07) is 4.70. The predicted molar refractivity (Wildman–Crippen MR) is 256 cm³/mol. The van der Waals surface area contributed by atoms with Gasteiger partial charge in [0.1, 0.15) is 48.1 Å². The van der Waals surface area contributed by atoms with Crippen LogP contribution in [0, 0.1) is 23.5 Å². The molecule has 0 bridgehead atoms. The van der Waals surface area contributed by atoms with Gasteiger partial charge in [-0.05, 0) is 126 Å². The largest absolute Gasteiger partial charge is 0.394 e. The highest BCUT2D eigenvalue weighted by atomic mass is 19.1. The molecule has 4 aromatic rings. The topological polar surface area (TPSA) is 234 Å². The molecule has 0 spiro atoms. The van der Waals surface area contributed by atoms with E-state index in [0.717, 1.165) is 0 Å². The Morgan fingerprint density at radius 3 is 1.74 bits per heavy atom. The first-order valence-electron chi connectivity index (χ1n) is 24.3. The zero-order valence-electron chi connectivity index (χ0n) is 40.8. The van der Waals surface area contributed by atoms with Crippen molar-refractivity contribution in [3.8, 4) is 11.4 Å². The molecule has 4 amide bonds. The van der Waals surface area contributed by atoms with Crippen molar-refractivity contribution in [2.45, 2.75) is 147 Å². The van der Waals surface area contributed by atoms with Gasteiger partial charge in [0.15, 0.2) is 6.23 Å². The molecule has 0 aliphatic carbocycles. The van der Waals surface area contributed by atoms with E-state index in [1.165, 1.54) is 30.3 Å². The van der Waals surface area contributed by atoms with Crippen molar-refractivity contribution < 1.29 is 53.1 Å². The summed E-state index contributed by atoms with van der Waals surface area (Å²) in [7, 11) is 3.32. The molecule has 2 aromatic heterocycles. The van der Waals surface area contributed by atoms with Gasteiger partial charge in [-0.1, -0.05) is 27.7 Å². The van der Waals surface area contributed by atoms with Crippen molar-refractivity contribution in [3.05, 3.63) is 59.2 Å². The van der Waals surface area contributed by atoms with Crippen LogP contribution in [0.15, 0.2) is 36.4 Å². The third kappa shape index (κ3) is 10.3. The number of aliphatic hydroxyl groups is 4. The second-order valence-corrected chi connectivity index (χ2v) is 19.8. The average Bonchev–Trinajstić information content (AvgIpc) is 4.13. The Balaban J connectivity index is 1.42. The molecule has 0 radical (unpaired) electrons. The molecular weight excluding hydrogens is 895 g/mol. The second kappa shape index (κ2) is 21.5. The Morgan fingerprint density at radius 1 is 0.725 bits per heavy atom. The number of carbonyl (C=O) groups excluding carboxylic acids is 4. The minimum Gasteiger partial charge on any atom is -0.394 e. The van der Waals surface area contributed by atoms with Crippen molar-refractivity contribution in [1.82, 2.24) is 40.6 Å². The predicted octanol–water partition coefficient (Wildman–Crippen LogP) is 2.60. The minimum atomic E-state index is -1.79. The molecule has 0 saturated carbocycles. The summed E-state index contributed by atoms with van der Waals surface area (Å²) in [5, 5.41) is 57.0. The lowest BCUT2D eigenvalue weighted by molar-refractivity contribution is -0.249. The van der Waals surface area contributed by atoms with Gasteiger partial charge in [-0.3, -0.25) is 19.2 Å². The van der Waals surface area contributed by atoms with Crippen molar-refractivity contribution in [2.75, 3.05) is 33.8 Å². The molecule has 2 aromatic carbocycles. The first-order chi connectivity index (χ1) is 32.8. The maximum Gasteiger partial charge on any atom is 0.245 e. The van der Waals surface area contributed by atoms with Crippen LogP contribution in [0.4, 0.5) is 8.78 Å². The monoisotopic (exact) mass is 965 g/mol. The molecule has 3 aliphatic heterocycles. The lowest BCUT2D eigenvalue weighted by Gasteiger charge is -2.41. The van der Waals surface area contributed by atoms with Crippen LogP contribution in [-0.2, 0) is 36.8 Å². The van der Waals surface area contributed by atoms with Crippen molar-refractivity contribution in [3.63, 3.8) is 0 Å². The SMILES string of the molecule is CN[C@@H](C)C(=O)N[C@H](C(=O)N1CCC[C@H]1Cc1c(-c2c(C[C@@H]3CCCN3C(=O)[C@@H](NC(=O)[C@H](C)NC)C(C)C)c3cc(F)ccc3n2C2O[C@H](CO)[C@@H](O)[C@H](O)[C@H]2O)[nH]c2ccc(F)cc12)C(C)C. The molecule has 378 valence electrons. The number of halogens is 2. The highest BCUT2D eigenvalue weighted by Gasteiger charge is 2.47. The van der Waals surface area contributed by atoms with Gasteiger partial charge >= 0.3 is 0 Å². The van der Waals surface area contributed by atoms with Crippen LogP contribution in [0.25, 0.3) is 33.2 Å². The van der Waals surface area contributed by atoms with E-state index in [4.69, 9.17) is 4.74 Å². The highest BCUT2D eigenvalue weighted by molar-refractivity contribution is 5.98. The molecule has 7 rings (SSSR count). The number of benzene rings is 2. The van der Waals surface area contributed by atoms with Gasteiger partial charge in [0.25, 0.3) is 0 Å². The van der Waals surface area contributed by atoms with E-state index in [-0.39, 0.29) is 48.3 Å². The maximum atomic E-state index is 15.8. The van der Waals surface area contributed by atoms with Crippen LogP contribution < -0.4 is 21.3 Å². The molecule has 5 heterocycles. The molecule has 1 unspecified atom stereocenters. The minimum absolute atomic E-state index is 0.134. The summed E-state index contributed by atoms with van der Waals surface area (Å²) in [5.74, 6) is -2.84. The van der Waals surface area contributed by atoms with E-state index >= 15 is 8.78 Å². The van der Waals surface area contributed by atoms with E-state index < -0.39 is 85.1 Å². The number of likely N-dealkylation sites (N-methyl/N-ethyl adjacent to an activating group) is 2. The number of ether oxygens (including phenoxy) is 1. The van der Waals surface area contributed by atoms with E-state index in [1.807, 2.05) is 27.7 Å². The number of hydrogen-bond donors (Lipinski definition) is 9. The normalized spacial score (nSPS) is 24.9. The molecule has 11 atom stereocenters. The standard InChI is InChI=1S/C50H70F2N8O9/c1-24(2)39(56-46(65)26(5)53-7)48(67)58-17-9-11-30(58)21-34-32-19-28(51)13-15-36(32)55-41(34)42-35(22-31-12-10-18-59(31)49(68)40(25(3)4)57-47(66)27(6)54-8)33-20-29(52)14-16-37(33)60(42)50-45(64)44(63)43(62)38(23-61)69-50/h13-16,19-20,24-27,30-31,38-40,43-45,50,53-55,61-64H,9-12,17-18,21-23H2,1-8H3,(H,56,65)(H,57,66)/t26-,27-,30-,31-,38+,39-,40-,43+,44-,45+,50?/m0/s1. The Bertz CT molecular complexity index is 2510. The lowest BCUT2D eigenvalue weighted by atomic mass is 9.94. The van der Waals surface area contributed by atoms with Gasteiger partial charge in [-0.15, -0.1) is 0 Å². The zero-order chi connectivity index (χ0) is 50.2. The van der Waals surface area contributed by atoms with Gasteiger partial charge in [0.05, 0.1) is 35.6 Å². The number of aromatic amines is 1. The van der Waals surface area contributed by atoms with Crippen LogP contribution in [-0.4, -0.2) is 158 Å². The van der Waals surface area contributed by atoms with Crippen molar-refractivity contribution in [1.29, 1.82) is 0 Å². The number of carbonyl (C=O) groups is 4. The smallest absolute Gasteiger partial charge is 0.245 e. The number of nitrogens with one attached hydrogen (secondary N) is 5. The summed E-state index contributed by atoms with van der Waals surface area (Å²) >= 11 is 0. The number of rotatable bonds is 17. The molecule has 17 nitrogen and oxygen atoms in total. The zero-order valence-corrected chi connectivity index (χ0v) is 40.8. The van der Waals surface area contributed by atoms with Gasteiger partial charge in [0, 0.05) is 41.5 Å². The van der Waals surface area contributed by atoms with E-state index in [1.54, 1.807) is 48.4 Å². The molecular formula is C50H70F2N8O9. The summed E-state index contributed by atoms with van der Waals surface area (Å²) < 4.78 is 39.2. The van der Waals surface area contributed by atoms with E-state index in [9.17, 15) is 39.6 Å². The molecule has 9 N–H and O–H groups in total. The number of likely N-dealkylation sites (tertiary alicyclic amines) is 2. The summed E-state index contributed by atoms with van der Waals surface area (Å²) in [5.41, 5.74) is 2.76. The molecule has 69 heavy (non-hydrogen) atoms. The van der Waals surface area contributed by atoms with E-state index in [2.05, 4.69) is 26.3 Å². The van der Waals surface area contributed by atoms with Crippen LogP contribution in [0.3, 0.4) is 0 Å². The Kier molecular flexibility index (Phi) is 16.2. The number of nitrogens with zero attached hydrogens (tertiary/aromatic N) is 3. The van der Waals surface area contributed by atoms with Gasteiger partial charge < -0.3 is 65.8 Å². The van der Waals surface area contributed by atoms with Gasteiger partial charge in [-0.2, -0.15) is 0 Å². The Labute approximate surface area is 401 Å². The van der Waals surface area contributed by atoms with Crippen molar-refractivity contribution >= 4 is 45.4 Å². The van der Waals surface area contributed by atoms with E-state index in [0.29, 0.717) is 83.1 Å². The summed E-state index contributed by atoms with van der Waals surface area (Å²) in [4.78, 5) is 62.5. The summed E-state index contributed by atoms with van der Waals surface area (Å²) in [6.45, 7) is 10.9. The second-order valence-electron chi connectivity index (χ2n) is 19.8. The number of amides is 4. The summed E-state index contributed by atoms with van der Waals surface area (Å²) in [6.07, 6.45) is -5.33. The quantitative estimate of drug-likeness (QED) is 0.0747. The number of fused-ring (bicyclic) bond motifs is 2. The average molecular weight is 965 g/mol. The fourth-order valence-electron chi connectivity index (χ4n) is 10.4. The maximum absolute atomic E-state index is 15.8. The van der Waals surface area contributed by atoms with Gasteiger partial charge in [0.2, 0.25) is 23.6 Å². The lowest BCUT2D eigenvalue weighted by Crippen LogP contribution is -2.56. The Morgan fingerprint density at radius 2 is 1.23 bits per heavy atom. The van der Waals surface area contributed by atoms with Crippen LogP contribution >= 0.6 is 0 Å². The third-order valence-electron chi connectivity index (χ3n) is 14.6.